The molecule has 0 N–H and O–H groups in total. The second-order valence-electron chi connectivity index (χ2n) is 6.05. The van der Waals surface area contributed by atoms with E-state index < -0.39 is 21.7 Å². The minimum Gasteiger partial charge on any atom is -0.336 e. The summed E-state index contributed by atoms with van der Waals surface area (Å²) in [6.45, 7) is 0.840. The zero-order chi connectivity index (χ0) is 18.7. The molecule has 2 aromatic rings. The number of nitrogens with zero attached hydrogens (tertiary/aromatic N) is 2. The molecule has 0 spiro atoms. The highest BCUT2D eigenvalue weighted by molar-refractivity contribution is 7.88. The van der Waals surface area contributed by atoms with E-state index in [0.29, 0.717) is 10.6 Å². The van der Waals surface area contributed by atoms with E-state index in [0.717, 1.165) is 0 Å². The second-order valence-corrected chi connectivity index (χ2v) is 8.46. The van der Waals surface area contributed by atoms with Gasteiger partial charge in [-0.3, -0.25) is 4.79 Å². The lowest BCUT2D eigenvalue weighted by molar-refractivity contribution is 0.0693. The molecule has 26 heavy (non-hydrogen) atoms. The summed E-state index contributed by atoms with van der Waals surface area (Å²) in [5, 5.41) is 0.548. The lowest BCUT2D eigenvalue weighted by atomic mass is 10.1. The van der Waals surface area contributed by atoms with Crippen molar-refractivity contribution in [3.05, 3.63) is 70.5 Å². The van der Waals surface area contributed by atoms with Crippen LogP contribution in [0.1, 0.15) is 15.9 Å². The monoisotopic (exact) mass is 396 g/mol. The van der Waals surface area contributed by atoms with Crippen molar-refractivity contribution in [1.29, 1.82) is 0 Å². The molecule has 0 unspecified atom stereocenters. The van der Waals surface area contributed by atoms with Crippen molar-refractivity contribution in [3.8, 4) is 0 Å². The molecule has 2 aromatic carbocycles. The Balaban J connectivity index is 1.63. The number of hydrogen-bond donors (Lipinski definition) is 0. The van der Waals surface area contributed by atoms with Crippen molar-refractivity contribution in [3.63, 3.8) is 0 Å². The third-order valence-electron chi connectivity index (χ3n) is 4.29. The largest absolute Gasteiger partial charge is 0.336 e. The summed E-state index contributed by atoms with van der Waals surface area (Å²) in [4.78, 5) is 13.9. The van der Waals surface area contributed by atoms with Crippen LogP contribution in [0.4, 0.5) is 4.39 Å². The SMILES string of the molecule is O=C(c1ccccc1F)N1CCN(S(=O)(=O)Cc2ccc(Cl)cc2)CC1. The van der Waals surface area contributed by atoms with Crippen molar-refractivity contribution in [1.82, 2.24) is 9.21 Å². The first-order chi connectivity index (χ1) is 12.4. The Kier molecular flexibility index (Phi) is 5.60. The number of carbonyl (C=O) groups is 1. The van der Waals surface area contributed by atoms with Gasteiger partial charge < -0.3 is 4.90 Å². The van der Waals surface area contributed by atoms with Crippen LogP contribution >= 0.6 is 11.6 Å². The summed E-state index contributed by atoms with van der Waals surface area (Å²) in [6, 6.07) is 12.4. The van der Waals surface area contributed by atoms with Crippen LogP contribution in [-0.2, 0) is 15.8 Å². The fourth-order valence-electron chi connectivity index (χ4n) is 2.86. The Morgan fingerprint density at radius 2 is 1.62 bits per heavy atom. The first kappa shape index (κ1) is 18.8. The lowest BCUT2D eigenvalue weighted by Crippen LogP contribution is -2.50. The number of carbonyl (C=O) groups excluding carboxylic acids is 1. The van der Waals surface area contributed by atoms with Crippen molar-refractivity contribution in [2.24, 2.45) is 0 Å². The van der Waals surface area contributed by atoms with E-state index >= 15 is 0 Å². The summed E-state index contributed by atoms with van der Waals surface area (Å²) >= 11 is 5.81. The van der Waals surface area contributed by atoms with Crippen LogP contribution < -0.4 is 0 Å². The first-order valence-corrected chi connectivity index (χ1v) is 10.1. The van der Waals surface area contributed by atoms with Crippen LogP contribution in [0.3, 0.4) is 0 Å². The molecule has 0 aromatic heterocycles. The number of amides is 1. The fourth-order valence-corrected chi connectivity index (χ4v) is 4.50. The quantitative estimate of drug-likeness (QED) is 0.798. The van der Waals surface area contributed by atoms with Crippen LogP contribution in [-0.4, -0.2) is 49.7 Å². The molecule has 8 heteroatoms. The van der Waals surface area contributed by atoms with Crippen molar-refractivity contribution in [2.75, 3.05) is 26.2 Å². The van der Waals surface area contributed by atoms with Gasteiger partial charge in [-0.2, -0.15) is 4.31 Å². The summed E-state index contributed by atoms with van der Waals surface area (Å²) < 4.78 is 40.3. The molecule has 0 atom stereocenters. The van der Waals surface area contributed by atoms with E-state index in [9.17, 15) is 17.6 Å². The summed E-state index contributed by atoms with van der Waals surface area (Å²) in [6.07, 6.45) is 0. The van der Waals surface area contributed by atoms with Gasteiger partial charge in [0.1, 0.15) is 5.82 Å². The Bertz CT molecular complexity index is 895. The molecule has 138 valence electrons. The van der Waals surface area contributed by atoms with Crippen molar-refractivity contribution >= 4 is 27.5 Å². The lowest BCUT2D eigenvalue weighted by Gasteiger charge is -2.34. The van der Waals surface area contributed by atoms with Crippen LogP contribution in [0.25, 0.3) is 0 Å². The smallest absolute Gasteiger partial charge is 0.256 e. The highest BCUT2D eigenvalue weighted by atomic mass is 35.5. The molecule has 5 nitrogen and oxygen atoms in total. The van der Waals surface area contributed by atoms with Crippen molar-refractivity contribution < 1.29 is 17.6 Å². The van der Waals surface area contributed by atoms with E-state index in [4.69, 9.17) is 11.6 Å². The van der Waals surface area contributed by atoms with Crippen LogP contribution in [0.5, 0.6) is 0 Å². The van der Waals surface area contributed by atoms with Gasteiger partial charge in [-0.15, -0.1) is 0 Å². The van der Waals surface area contributed by atoms with Crippen LogP contribution in [0.2, 0.25) is 5.02 Å². The van der Waals surface area contributed by atoms with Crippen LogP contribution in [0.15, 0.2) is 48.5 Å². The number of hydrogen-bond acceptors (Lipinski definition) is 3. The third-order valence-corrected chi connectivity index (χ3v) is 6.39. The molecule has 1 saturated heterocycles. The molecule has 3 rings (SSSR count). The van der Waals surface area contributed by atoms with Gasteiger partial charge in [0.15, 0.2) is 0 Å². The maximum absolute atomic E-state index is 13.8. The Morgan fingerprint density at radius 3 is 2.23 bits per heavy atom. The molecular weight excluding hydrogens is 379 g/mol. The summed E-state index contributed by atoms with van der Waals surface area (Å²) in [7, 11) is -3.49. The van der Waals surface area contributed by atoms with Gasteiger partial charge in [0.05, 0.1) is 11.3 Å². The minimum absolute atomic E-state index is 0.00460. The predicted molar refractivity (Wildman–Crippen MR) is 98.0 cm³/mol. The van der Waals surface area contributed by atoms with Gasteiger partial charge in [-0.1, -0.05) is 35.9 Å². The Hall–Kier alpha value is -1.96. The van der Waals surface area contributed by atoms with Gasteiger partial charge in [-0.25, -0.2) is 12.8 Å². The fraction of sp³-hybridized carbons (Fsp3) is 0.278. The maximum Gasteiger partial charge on any atom is 0.256 e. The molecule has 0 radical (unpaired) electrons. The highest BCUT2D eigenvalue weighted by Crippen LogP contribution is 2.17. The number of benzene rings is 2. The maximum atomic E-state index is 13.8. The molecule has 0 bridgehead atoms. The van der Waals surface area contributed by atoms with Crippen molar-refractivity contribution in [2.45, 2.75) is 5.75 Å². The highest BCUT2D eigenvalue weighted by Gasteiger charge is 2.30. The van der Waals surface area contributed by atoms with Gasteiger partial charge in [0, 0.05) is 31.2 Å². The van der Waals surface area contributed by atoms with E-state index in [2.05, 4.69) is 0 Å². The molecule has 1 heterocycles. The Morgan fingerprint density at radius 1 is 1.00 bits per heavy atom. The molecule has 0 saturated carbocycles. The van der Waals surface area contributed by atoms with E-state index in [1.807, 2.05) is 0 Å². The van der Waals surface area contributed by atoms with Gasteiger partial charge in [-0.05, 0) is 29.8 Å². The minimum atomic E-state index is -3.49. The zero-order valence-corrected chi connectivity index (χ0v) is 15.5. The third kappa shape index (κ3) is 4.23. The molecular formula is C18H18ClFN2O3S. The van der Waals surface area contributed by atoms with Crippen LogP contribution in [0, 0.1) is 5.82 Å². The average molecular weight is 397 g/mol. The molecule has 0 aliphatic carbocycles. The average Bonchev–Trinajstić information content (AvgIpc) is 2.63. The number of sulfonamides is 1. The predicted octanol–water partition coefficient (Wildman–Crippen LogP) is 2.77. The number of rotatable bonds is 4. The summed E-state index contributed by atoms with van der Waals surface area (Å²) in [5.41, 5.74) is 0.657. The molecule has 1 aliphatic rings. The topological polar surface area (TPSA) is 57.7 Å². The molecule has 1 aliphatic heterocycles. The second kappa shape index (κ2) is 7.73. The van der Waals surface area contributed by atoms with Gasteiger partial charge in [0.25, 0.3) is 5.91 Å². The standard InChI is InChI=1S/C18H18ClFN2O3S/c19-15-7-5-14(6-8-15)13-26(24,25)22-11-9-21(10-12-22)18(23)16-3-1-2-4-17(16)20/h1-8H,9-13H2. The van der Waals surface area contributed by atoms with E-state index in [1.165, 1.54) is 27.4 Å². The number of halogens is 2. The Labute approximate surface area is 157 Å². The summed E-state index contributed by atoms with van der Waals surface area (Å²) in [5.74, 6) is -1.11. The van der Waals surface area contributed by atoms with Gasteiger partial charge >= 0.3 is 0 Å². The van der Waals surface area contributed by atoms with E-state index in [1.54, 1.807) is 30.3 Å². The zero-order valence-electron chi connectivity index (χ0n) is 13.9. The van der Waals surface area contributed by atoms with Gasteiger partial charge in [0.2, 0.25) is 10.0 Å². The normalized spacial score (nSPS) is 15.8. The van der Waals surface area contributed by atoms with E-state index in [-0.39, 0.29) is 37.5 Å². The molecule has 1 amide bonds. The number of piperazine rings is 1. The molecule has 1 fully saturated rings. The first-order valence-electron chi connectivity index (χ1n) is 8.13.